The van der Waals surface area contributed by atoms with E-state index in [1.165, 1.54) is 25.2 Å². The summed E-state index contributed by atoms with van der Waals surface area (Å²) in [6.07, 6.45) is 0. The van der Waals surface area contributed by atoms with Crippen LogP contribution < -0.4 is 14.4 Å². The number of nitrogens with one attached hydrogen (secondary N) is 1. The molecular formula is C26H21Cl2N3O6. The van der Waals surface area contributed by atoms with Crippen LogP contribution in [0.4, 0.5) is 5.95 Å². The highest BCUT2D eigenvalue weighted by molar-refractivity contribution is 6.51. The second kappa shape index (κ2) is 9.17. The predicted molar refractivity (Wildman–Crippen MR) is 139 cm³/mol. The van der Waals surface area contributed by atoms with E-state index in [0.717, 1.165) is 5.56 Å². The van der Waals surface area contributed by atoms with Gasteiger partial charge in [0.2, 0.25) is 5.95 Å². The summed E-state index contributed by atoms with van der Waals surface area (Å²) >= 11 is 12.7. The number of aryl methyl sites for hydroxylation is 2. The Balaban J connectivity index is 1.77. The zero-order valence-corrected chi connectivity index (χ0v) is 21.7. The van der Waals surface area contributed by atoms with Crippen molar-refractivity contribution in [1.29, 1.82) is 0 Å². The van der Waals surface area contributed by atoms with Gasteiger partial charge >= 0.3 is 5.91 Å². The molecule has 1 aliphatic rings. The molecule has 4 aromatic rings. The van der Waals surface area contributed by atoms with Crippen molar-refractivity contribution in [2.45, 2.75) is 19.9 Å². The molecule has 37 heavy (non-hydrogen) atoms. The van der Waals surface area contributed by atoms with Crippen molar-refractivity contribution in [1.82, 2.24) is 9.97 Å². The Morgan fingerprint density at radius 2 is 1.81 bits per heavy atom. The number of imidazole rings is 1. The molecule has 11 heteroatoms. The Morgan fingerprint density at radius 3 is 2.46 bits per heavy atom. The second-order valence-corrected chi connectivity index (χ2v) is 9.27. The second-order valence-electron chi connectivity index (χ2n) is 8.48. The first-order valence-corrected chi connectivity index (χ1v) is 11.9. The van der Waals surface area contributed by atoms with Crippen LogP contribution in [0.1, 0.15) is 28.7 Å². The number of anilines is 1. The fourth-order valence-corrected chi connectivity index (χ4v) is 5.12. The minimum atomic E-state index is -1.14. The number of furan rings is 1. The highest BCUT2D eigenvalue weighted by Crippen LogP contribution is 2.48. The van der Waals surface area contributed by atoms with E-state index in [0.29, 0.717) is 16.8 Å². The van der Waals surface area contributed by atoms with Crippen LogP contribution in [-0.2, 0) is 9.59 Å². The summed E-state index contributed by atoms with van der Waals surface area (Å²) < 4.78 is 16.5. The number of rotatable bonds is 5. The van der Waals surface area contributed by atoms with Gasteiger partial charge in [0, 0.05) is 0 Å². The summed E-state index contributed by atoms with van der Waals surface area (Å²) in [6.45, 7) is 3.65. The molecule has 3 heterocycles. The number of aliphatic hydroxyl groups is 1. The minimum Gasteiger partial charge on any atom is -0.507 e. The molecule has 1 saturated heterocycles. The summed E-state index contributed by atoms with van der Waals surface area (Å²) in [5, 5.41) is 11.5. The lowest BCUT2D eigenvalue weighted by Crippen LogP contribution is -2.30. The number of halogens is 2. The maximum absolute atomic E-state index is 13.4. The van der Waals surface area contributed by atoms with Crippen LogP contribution in [-0.4, -0.2) is 41.0 Å². The van der Waals surface area contributed by atoms with E-state index >= 15 is 0 Å². The number of amides is 1. The third-order valence-corrected chi connectivity index (χ3v) is 6.75. The van der Waals surface area contributed by atoms with Gasteiger partial charge < -0.3 is 24.0 Å². The zero-order chi connectivity index (χ0) is 26.6. The molecule has 1 fully saturated rings. The lowest BCUT2D eigenvalue weighted by molar-refractivity contribution is -0.132. The molecule has 9 nitrogen and oxygen atoms in total. The first-order valence-electron chi connectivity index (χ1n) is 11.1. The van der Waals surface area contributed by atoms with E-state index in [-0.39, 0.29) is 44.4 Å². The maximum atomic E-state index is 13.4. The van der Waals surface area contributed by atoms with Crippen molar-refractivity contribution < 1.29 is 28.6 Å². The van der Waals surface area contributed by atoms with Gasteiger partial charge in [-0.15, -0.1) is 0 Å². The molecule has 2 N–H and O–H groups in total. The van der Waals surface area contributed by atoms with Crippen molar-refractivity contribution in [2.24, 2.45) is 0 Å². The fraction of sp³-hybridized carbons (Fsp3) is 0.192. The molecule has 2 aromatic carbocycles. The number of carbonyl (C=O) groups is 2. The number of Topliss-reactive ketones (excluding diaryl/α,β-unsaturated/α-hetero) is 1. The normalized spacial score (nSPS) is 17.1. The third-order valence-electron chi connectivity index (χ3n) is 6.12. The number of methoxy groups -OCH3 is 2. The third kappa shape index (κ3) is 3.91. The Bertz CT molecular complexity index is 1620. The molecule has 2 aromatic heterocycles. The Kier molecular flexibility index (Phi) is 6.13. The van der Waals surface area contributed by atoms with Crippen molar-refractivity contribution in [2.75, 3.05) is 19.1 Å². The van der Waals surface area contributed by atoms with Crippen LogP contribution in [0.5, 0.6) is 11.5 Å². The van der Waals surface area contributed by atoms with Crippen molar-refractivity contribution in [3.8, 4) is 11.5 Å². The van der Waals surface area contributed by atoms with Gasteiger partial charge in [-0.2, -0.15) is 0 Å². The van der Waals surface area contributed by atoms with Gasteiger partial charge in [-0.1, -0.05) is 29.3 Å². The zero-order valence-electron chi connectivity index (χ0n) is 20.2. The number of fused-ring (bicyclic) bond motifs is 1. The molecule has 0 radical (unpaired) electrons. The summed E-state index contributed by atoms with van der Waals surface area (Å²) in [5.74, 6) is -1.32. The quantitative estimate of drug-likeness (QED) is 0.188. The maximum Gasteiger partial charge on any atom is 0.302 e. The number of hydrogen-bond acceptors (Lipinski definition) is 7. The molecule has 0 aliphatic carbocycles. The molecule has 1 aliphatic heterocycles. The molecular weight excluding hydrogens is 521 g/mol. The molecule has 1 atom stereocenters. The molecule has 190 valence electrons. The van der Waals surface area contributed by atoms with Crippen LogP contribution in [0.3, 0.4) is 0 Å². The molecule has 5 rings (SSSR count). The van der Waals surface area contributed by atoms with Gasteiger partial charge in [0.05, 0.1) is 41.4 Å². The molecule has 1 amide bonds. The summed E-state index contributed by atoms with van der Waals surface area (Å²) in [7, 11) is 2.72. The number of benzene rings is 2. The fourth-order valence-electron chi connectivity index (χ4n) is 4.44. The number of ketones is 1. The van der Waals surface area contributed by atoms with Crippen molar-refractivity contribution >= 4 is 57.6 Å². The van der Waals surface area contributed by atoms with Gasteiger partial charge in [-0.3, -0.25) is 14.5 Å². The lowest BCUT2D eigenvalue weighted by Gasteiger charge is -2.21. The van der Waals surface area contributed by atoms with Gasteiger partial charge in [-0.25, -0.2) is 4.98 Å². The van der Waals surface area contributed by atoms with E-state index < -0.39 is 23.5 Å². The molecule has 1 unspecified atom stereocenters. The number of hydrogen-bond donors (Lipinski definition) is 2. The van der Waals surface area contributed by atoms with Crippen LogP contribution in [0.2, 0.25) is 10.0 Å². The minimum absolute atomic E-state index is 0.00445. The summed E-state index contributed by atoms with van der Waals surface area (Å²) in [5.41, 5.74) is 2.04. The Hall–Kier alpha value is -3.95. The first-order chi connectivity index (χ1) is 17.7. The van der Waals surface area contributed by atoms with E-state index in [2.05, 4.69) is 9.97 Å². The summed E-state index contributed by atoms with van der Waals surface area (Å²) in [4.78, 5) is 35.6. The van der Waals surface area contributed by atoms with Crippen LogP contribution in [0.15, 0.2) is 46.4 Å². The number of aromatic amines is 1. The predicted octanol–water partition coefficient (Wildman–Crippen LogP) is 5.72. The largest absolute Gasteiger partial charge is 0.507 e. The number of nitrogens with zero attached hydrogens (tertiary/aromatic N) is 2. The molecule has 0 bridgehead atoms. The molecule has 0 spiro atoms. The highest BCUT2D eigenvalue weighted by atomic mass is 35.5. The standard InChI is InChI=1S/C26H21Cl2N3O6/c1-11-5-7-15-16(9-11)30-26(29-15)31-20(17-8-6-12(2)37-17)18(22(33)25(31)34)21(32)13-10-14(27)24(36-4)19(28)23(13)35-3/h5-10,20,32H,1-4H3,(H,29,30)/b21-18+. The van der Waals surface area contributed by atoms with E-state index in [9.17, 15) is 14.7 Å². The summed E-state index contributed by atoms with van der Waals surface area (Å²) in [6, 6.07) is 9.10. The SMILES string of the molecule is COc1c(Cl)cc(/C(O)=C2\C(=O)C(=O)N(c3nc4ccc(C)cc4[nH]3)C2c2ccc(C)o2)c(OC)c1Cl. The lowest BCUT2D eigenvalue weighted by atomic mass is 9.98. The van der Waals surface area contributed by atoms with Gasteiger partial charge in [0.1, 0.15) is 28.3 Å². The van der Waals surface area contributed by atoms with Gasteiger partial charge in [-0.05, 0) is 49.7 Å². The van der Waals surface area contributed by atoms with E-state index in [1.807, 2.05) is 19.1 Å². The average Bonchev–Trinajstić information content (AvgIpc) is 3.54. The average molecular weight is 542 g/mol. The Morgan fingerprint density at radius 1 is 1.08 bits per heavy atom. The number of aliphatic hydroxyl groups excluding tert-OH is 1. The number of carbonyl (C=O) groups excluding carboxylic acids is 2. The van der Waals surface area contributed by atoms with Crippen LogP contribution >= 0.6 is 23.2 Å². The van der Waals surface area contributed by atoms with E-state index in [4.69, 9.17) is 37.1 Å². The Labute approximate surface area is 221 Å². The van der Waals surface area contributed by atoms with Crippen molar-refractivity contribution in [3.05, 3.63) is 74.7 Å². The molecule has 0 saturated carbocycles. The smallest absolute Gasteiger partial charge is 0.302 e. The van der Waals surface area contributed by atoms with E-state index in [1.54, 1.807) is 25.1 Å². The monoisotopic (exact) mass is 541 g/mol. The number of H-pyrrole nitrogens is 1. The van der Waals surface area contributed by atoms with Crippen LogP contribution in [0.25, 0.3) is 16.8 Å². The van der Waals surface area contributed by atoms with Gasteiger partial charge in [0.25, 0.3) is 5.78 Å². The number of ether oxygens (including phenoxy) is 2. The highest BCUT2D eigenvalue weighted by Gasteiger charge is 2.50. The van der Waals surface area contributed by atoms with Crippen LogP contribution in [0, 0.1) is 13.8 Å². The first kappa shape index (κ1) is 24.7. The van der Waals surface area contributed by atoms with Crippen molar-refractivity contribution in [3.63, 3.8) is 0 Å². The van der Waals surface area contributed by atoms with Gasteiger partial charge in [0.15, 0.2) is 11.5 Å². The topological polar surface area (TPSA) is 118 Å². The number of aromatic nitrogens is 2.